The summed E-state index contributed by atoms with van der Waals surface area (Å²) in [5, 5.41) is 38.6. The van der Waals surface area contributed by atoms with E-state index in [4.69, 9.17) is 59.4 Å². The number of hydrogen-bond acceptors (Lipinski definition) is 17. The van der Waals surface area contributed by atoms with Crippen molar-refractivity contribution in [2.24, 2.45) is 0 Å². The van der Waals surface area contributed by atoms with Gasteiger partial charge in [0.05, 0.1) is 46.4 Å². The van der Waals surface area contributed by atoms with Crippen LogP contribution >= 0.6 is 0 Å². The van der Waals surface area contributed by atoms with Crippen LogP contribution in [0.4, 0.5) is 0 Å². The molecule has 1 heterocycles. The molecule has 1 atom stereocenters. The summed E-state index contributed by atoms with van der Waals surface area (Å²) in [5.41, 5.74) is 2.03. The van der Waals surface area contributed by atoms with Crippen molar-refractivity contribution in [1.82, 2.24) is 0 Å². The molecule has 6 N–H and O–H groups in total. The molecule has 0 aromatic heterocycles. The molecule has 1 aliphatic rings. The molecule has 23 heteroatoms. The van der Waals surface area contributed by atoms with Gasteiger partial charge in [-0.25, -0.2) is 13.2 Å². The Morgan fingerprint density at radius 3 is 1.11 bits per heavy atom. The van der Waals surface area contributed by atoms with Crippen LogP contribution in [0.3, 0.4) is 0 Å². The number of unbranched alkanes of at least 4 members (excludes halogenated alkanes) is 30. The second-order valence-corrected chi connectivity index (χ2v) is 32.7. The van der Waals surface area contributed by atoms with Gasteiger partial charge in [-0.15, -0.1) is 0 Å². The molecule has 0 spiro atoms. The maximum atomic E-state index is 12.1. The van der Waals surface area contributed by atoms with E-state index < -0.39 is 45.3 Å². The molecule has 0 bridgehead atoms. The zero-order chi connectivity index (χ0) is 80.9. The fourth-order valence-electron chi connectivity index (χ4n) is 11.0. The number of allylic oxidation sites excluding steroid dienone is 4. The van der Waals surface area contributed by atoms with Crippen molar-refractivity contribution in [3.8, 4) is 39.9 Å². The van der Waals surface area contributed by atoms with Gasteiger partial charge in [-0.1, -0.05) is 273 Å². The molecule has 0 saturated carbocycles. The Hall–Kier alpha value is -6.10. The number of hydrogen-bond donors (Lipinski definition) is 6. The van der Waals surface area contributed by atoms with Gasteiger partial charge in [-0.3, -0.25) is 4.79 Å². The van der Waals surface area contributed by atoms with E-state index in [1.54, 1.807) is 38.1 Å². The van der Waals surface area contributed by atoms with Crippen molar-refractivity contribution in [3.63, 3.8) is 0 Å². The van der Waals surface area contributed by atoms with Crippen LogP contribution < -0.4 is 15.1 Å². The molecule has 606 valence electrons. The minimum atomic E-state index is -3.59. The van der Waals surface area contributed by atoms with Gasteiger partial charge in [-0.05, 0) is 154 Å². The standard InChI is InChI=1S/C24H44O2Si.C22H42O3.C12H10O4S.C12H10O2.C6H11O3.C6H8OSi.C5H8O2.3Al.3H/c1-2-3-4-5-6-7-8-9-10-11-12-13-14-15-16-17-22-26-23-18-20-24(27-25)21-19-23;1-3-4-5-6-7-8-9-10-11-12-13-14-15-16-17-18-19-25-22(24)20-21(2)23;13-9-1-5-11(6-2-9)17(15,16)12-7-3-10(14)4-8-12;13-11-5-1-9(2-6-11)10-3-7-12(14)8-4-10;1-3-9-6(8)4-5(2)7;7-8-6-4-2-1-3-5-6;1-4(6)3-5(2)7;;;;;;/h18-21,25H,2-17,22,27H2,1H3;20,23H,3-19H2,1-2H3;1-8,13-14H;1-8,13-14H;4,6-7H,3H2,1-2H3;1-5,7H,8H2;3,6H,1-2H3;;;;;;/q;;;;-1;;;2*+1;+2;;;/p-3. The molecule has 0 amide bonds. The lowest BCUT2D eigenvalue weighted by Gasteiger charge is -2.20. The lowest BCUT2D eigenvalue weighted by atomic mass is 10.0. The van der Waals surface area contributed by atoms with Crippen LogP contribution in [0.1, 0.15) is 254 Å². The van der Waals surface area contributed by atoms with Crippen LogP contribution in [0.2, 0.25) is 0 Å². The predicted molar refractivity (Wildman–Crippen MR) is 459 cm³/mol. The van der Waals surface area contributed by atoms with Gasteiger partial charge in [0.1, 0.15) is 28.7 Å². The van der Waals surface area contributed by atoms with Gasteiger partial charge >= 0.3 is 55.1 Å². The van der Waals surface area contributed by atoms with E-state index in [9.17, 15) is 18.0 Å². The number of phenolic OH excluding ortho intramolecular Hbond substituents is 4. The first-order valence-electron chi connectivity index (χ1n) is 40.1. The highest BCUT2D eigenvalue weighted by Gasteiger charge is 2.18. The zero-order valence-corrected chi connectivity index (χ0v) is 75.5. The molecule has 17 nitrogen and oxygen atoms in total. The Bertz CT molecular complexity index is 3310. The third kappa shape index (κ3) is 57.0. The van der Waals surface area contributed by atoms with Crippen molar-refractivity contribution < 1.29 is 77.4 Å². The van der Waals surface area contributed by atoms with E-state index in [2.05, 4.69) is 13.8 Å². The summed E-state index contributed by atoms with van der Waals surface area (Å²) in [6.45, 7) is 15.4. The first-order valence-corrected chi connectivity index (χ1v) is 46.5. The van der Waals surface area contributed by atoms with E-state index in [0.29, 0.717) is 24.7 Å². The highest BCUT2D eigenvalue weighted by molar-refractivity contribution is 7.91. The van der Waals surface area contributed by atoms with Crippen molar-refractivity contribution in [2.45, 2.75) is 270 Å². The van der Waals surface area contributed by atoms with Gasteiger partial charge in [0.25, 0.3) is 0 Å². The van der Waals surface area contributed by atoms with Gasteiger partial charge in [0.15, 0.2) is 31.6 Å². The first-order chi connectivity index (χ1) is 53.2. The third-order valence-corrected chi connectivity index (χ3v) is 22.8. The molecule has 2 radical (unpaired) electrons. The second-order valence-electron chi connectivity index (χ2n) is 27.1. The fraction of sp³-hybridized carbons (Fsp3) is 0.494. The number of sulfone groups is 1. The Morgan fingerprint density at radius 2 is 0.791 bits per heavy atom. The molecular formula is C87H133Al3O17SSi2. The van der Waals surface area contributed by atoms with E-state index in [0.717, 1.165) is 58.9 Å². The average Bonchev–Trinajstić information content (AvgIpc) is 0.809. The number of ketones is 1. The number of aromatic hydroxyl groups is 4. The number of esters is 1. The SMILES string of the molecule is CC(=O)C=C(C)[O][AlH].CCCCCCCCCCCCCCCCCCOC(=O)C=C(C)[O][AlH].CCCCCCCCCCCCCCCCCCOc1ccc([SiH2]O)cc1.CCOC1C=C(C)[O][AlH][O]1.O=S(=O)(c1ccc(O)cc1)c1ccc(O)cc1.O[SiH2]c1ccccc1.Oc1ccc(-c2ccc(O)cc2)cc1. The third-order valence-electron chi connectivity index (χ3n) is 17.4. The minimum Gasteiger partial charge on any atom is -0.653 e. The summed E-state index contributed by atoms with van der Waals surface area (Å²) >= 11 is 1.92. The highest BCUT2D eigenvalue weighted by Crippen LogP contribution is 2.26. The van der Waals surface area contributed by atoms with Crippen molar-refractivity contribution in [1.29, 1.82) is 0 Å². The number of carbonyl (C=O) groups excluding carboxylic acids is 2. The normalized spacial score (nSPS) is 12.4. The lowest BCUT2D eigenvalue weighted by Crippen LogP contribution is -2.23. The summed E-state index contributed by atoms with van der Waals surface area (Å²) in [5.74, 6) is 3.38. The Balaban J connectivity index is 0.000000671. The summed E-state index contributed by atoms with van der Waals surface area (Å²) in [6.07, 6.45) is 48.5. The van der Waals surface area contributed by atoms with Gasteiger partial charge in [0.2, 0.25) is 9.84 Å². The lowest BCUT2D eigenvalue weighted by molar-refractivity contribution is -0.138. The van der Waals surface area contributed by atoms with Gasteiger partial charge in [0, 0.05) is 18.8 Å². The molecule has 1 unspecified atom stereocenters. The molecule has 1 aliphatic heterocycles. The molecule has 110 heavy (non-hydrogen) atoms. The van der Waals surface area contributed by atoms with Crippen molar-refractivity contribution in [3.05, 3.63) is 187 Å². The number of phenols is 4. The summed E-state index contributed by atoms with van der Waals surface area (Å²) < 4.78 is 60.3. The Labute approximate surface area is 689 Å². The first kappa shape index (κ1) is 102. The molecule has 7 rings (SSSR count). The van der Waals surface area contributed by atoms with Crippen LogP contribution in [0, 0.1) is 0 Å². The quantitative estimate of drug-likeness (QED) is 0.00683. The smallest absolute Gasteiger partial charge is 0.653 e. The molecule has 0 saturated heterocycles. The predicted octanol–water partition coefficient (Wildman–Crippen LogP) is 17.5. The number of carbonyl (C=O) groups is 2. The van der Waals surface area contributed by atoms with Crippen molar-refractivity contribution >= 4 is 101 Å². The molecule has 0 fully saturated rings. The second kappa shape index (κ2) is 69.6. The maximum absolute atomic E-state index is 12.1. The average molecular weight is 1620 g/mol. The molecule has 0 aliphatic carbocycles. The zero-order valence-electron chi connectivity index (χ0n) is 67.6. The number of rotatable bonds is 46. The maximum Gasteiger partial charge on any atom is 0.742 e. The molecule has 6 aromatic carbocycles. The van der Waals surface area contributed by atoms with Crippen molar-refractivity contribution in [2.75, 3.05) is 19.8 Å². The van der Waals surface area contributed by atoms with Crippen LogP contribution in [0.5, 0.6) is 28.7 Å². The summed E-state index contributed by atoms with van der Waals surface area (Å²) in [4.78, 5) is 39.7. The Kier molecular flexibility index (Phi) is 64.5. The summed E-state index contributed by atoms with van der Waals surface area (Å²) in [7, 11) is -5.53. The number of ether oxygens (including phenoxy) is 3. The summed E-state index contributed by atoms with van der Waals surface area (Å²) in [6, 6.07) is 42.1. The van der Waals surface area contributed by atoms with Crippen LogP contribution in [0.25, 0.3) is 11.1 Å². The van der Waals surface area contributed by atoms with Crippen LogP contribution in [0.15, 0.2) is 197 Å². The van der Waals surface area contributed by atoms with E-state index in [-0.39, 0.29) is 50.8 Å². The van der Waals surface area contributed by atoms with E-state index >= 15 is 0 Å². The van der Waals surface area contributed by atoms with Gasteiger partial charge in [-0.2, -0.15) is 0 Å². The Morgan fingerprint density at radius 1 is 0.455 bits per heavy atom. The molecular weight excluding hydrogens is 1490 g/mol. The topological polar surface area (TPSA) is 254 Å². The van der Waals surface area contributed by atoms with Crippen LogP contribution in [-0.2, 0) is 44.1 Å². The largest absolute Gasteiger partial charge is 0.742 e. The fourth-order valence-corrected chi connectivity index (χ4v) is 14.0. The number of benzene rings is 6. The highest BCUT2D eigenvalue weighted by atomic mass is 32.2. The van der Waals surface area contributed by atoms with Crippen LogP contribution in [-0.4, -0.2) is 145 Å². The van der Waals surface area contributed by atoms with Gasteiger partial charge < -0.3 is 59.4 Å². The monoisotopic (exact) mass is 1620 g/mol. The van der Waals surface area contributed by atoms with E-state index in [1.807, 2.05) is 98.8 Å². The van der Waals surface area contributed by atoms with E-state index in [1.165, 1.54) is 287 Å². The minimum absolute atomic E-state index is 0.00894. The molecule has 6 aromatic rings.